The van der Waals surface area contributed by atoms with Crippen molar-refractivity contribution in [1.29, 1.82) is 0 Å². The van der Waals surface area contributed by atoms with Gasteiger partial charge in [-0.1, -0.05) is 6.92 Å². The Balaban J connectivity index is 1.23. The number of methoxy groups -OCH3 is 1. The molecule has 6 heteroatoms. The molecule has 3 heterocycles. The van der Waals surface area contributed by atoms with Gasteiger partial charge in [-0.05, 0) is 80.0 Å². The van der Waals surface area contributed by atoms with Gasteiger partial charge in [0.05, 0.1) is 25.2 Å². The van der Waals surface area contributed by atoms with Gasteiger partial charge in [-0.25, -0.2) is 0 Å². The van der Waals surface area contributed by atoms with E-state index in [2.05, 4.69) is 18.7 Å². The SMILES string of the molecule is COc1cc2c(cc1O)CCN(C[C@@H]1C(=O)O[C@@H]3C[C@@]4(C)CCC[C@]5(CO5)[C@H]4C[C@@H]13)[C@@H]2C. The molecule has 0 radical (unpaired) electrons. The minimum Gasteiger partial charge on any atom is -0.504 e. The standard InChI is InChI=1S/C26H35NO5/c1-15-17-10-21(30-3)20(28)9-16(17)5-8-27(15)13-19-18-11-23-25(2,12-22(18)32-24(19)29)6-4-7-26(23)14-31-26/h9-10,15,18-19,22-23,28H,4-8,11-14H2,1-3H3/t15-,18+,19+,22-,23+,25-,26+/m1/s1. The molecule has 2 saturated carbocycles. The van der Waals surface area contributed by atoms with Crippen molar-refractivity contribution >= 4 is 5.97 Å². The zero-order chi connectivity index (χ0) is 22.3. The Bertz CT molecular complexity index is 942. The van der Waals surface area contributed by atoms with Crippen molar-refractivity contribution in [2.45, 2.75) is 70.1 Å². The highest BCUT2D eigenvalue weighted by molar-refractivity contribution is 5.75. The summed E-state index contributed by atoms with van der Waals surface area (Å²) < 4.78 is 17.4. The summed E-state index contributed by atoms with van der Waals surface area (Å²) in [6.07, 6.45) is 6.60. The summed E-state index contributed by atoms with van der Waals surface area (Å²) in [5.41, 5.74) is 2.68. The molecule has 7 atom stereocenters. The Morgan fingerprint density at radius 2 is 2.12 bits per heavy atom. The minimum atomic E-state index is -0.0645. The summed E-state index contributed by atoms with van der Waals surface area (Å²) in [6.45, 7) is 7.12. The Hall–Kier alpha value is -1.79. The maximum Gasteiger partial charge on any atom is 0.310 e. The van der Waals surface area contributed by atoms with Crippen LogP contribution < -0.4 is 4.74 Å². The lowest BCUT2D eigenvalue weighted by Crippen LogP contribution is -2.51. The van der Waals surface area contributed by atoms with E-state index >= 15 is 0 Å². The van der Waals surface area contributed by atoms with Gasteiger partial charge in [-0.3, -0.25) is 9.69 Å². The van der Waals surface area contributed by atoms with Crippen LogP contribution in [0.25, 0.3) is 0 Å². The van der Waals surface area contributed by atoms with Gasteiger partial charge in [0.2, 0.25) is 0 Å². The van der Waals surface area contributed by atoms with Crippen molar-refractivity contribution in [3.05, 3.63) is 23.3 Å². The highest BCUT2D eigenvalue weighted by Gasteiger charge is 2.65. The van der Waals surface area contributed by atoms with Crippen molar-refractivity contribution in [1.82, 2.24) is 4.90 Å². The fourth-order valence-electron chi connectivity index (χ4n) is 7.72. The van der Waals surface area contributed by atoms with Gasteiger partial charge >= 0.3 is 5.97 Å². The molecule has 174 valence electrons. The number of carbonyl (C=O) groups excluding carboxylic acids is 1. The first-order chi connectivity index (χ1) is 15.3. The number of rotatable bonds is 3. The largest absolute Gasteiger partial charge is 0.504 e. The molecule has 0 aromatic heterocycles. The molecular formula is C26H35NO5. The third-order valence-electron chi connectivity index (χ3n) is 9.62. The predicted molar refractivity (Wildman–Crippen MR) is 119 cm³/mol. The van der Waals surface area contributed by atoms with Gasteiger partial charge in [0, 0.05) is 25.0 Å². The molecule has 1 aromatic carbocycles. The summed E-state index contributed by atoms with van der Waals surface area (Å²) in [5, 5.41) is 10.2. The first kappa shape index (κ1) is 20.8. The Morgan fingerprint density at radius 3 is 2.88 bits per heavy atom. The maximum absolute atomic E-state index is 13.1. The third kappa shape index (κ3) is 3.02. The average Bonchev–Trinajstić information content (AvgIpc) is 3.46. The predicted octanol–water partition coefficient (Wildman–Crippen LogP) is 3.85. The molecule has 1 aromatic rings. The van der Waals surface area contributed by atoms with E-state index in [1.165, 1.54) is 30.4 Å². The Kier molecular flexibility index (Phi) is 4.61. The number of phenolic OH excluding ortho intramolecular Hbond substituents is 1. The van der Waals surface area contributed by atoms with E-state index in [1.54, 1.807) is 7.11 Å². The number of hydrogen-bond acceptors (Lipinski definition) is 6. The second-order valence-corrected chi connectivity index (χ2v) is 11.2. The Morgan fingerprint density at radius 1 is 1.31 bits per heavy atom. The molecule has 6 nitrogen and oxygen atoms in total. The lowest BCUT2D eigenvalue weighted by Gasteiger charge is -2.51. The monoisotopic (exact) mass is 441 g/mol. The van der Waals surface area contributed by atoms with Crippen LogP contribution in [0, 0.1) is 23.2 Å². The van der Waals surface area contributed by atoms with Crippen LogP contribution in [0.1, 0.15) is 63.1 Å². The summed E-state index contributed by atoms with van der Waals surface area (Å²) in [7, 11) is 1.58. The summed E-state index contributed by atoms with van der Waals surface area (Å²) in [5.74, 6) is 1.48. The smallest absolute Gasteiger partial charge is 0.310 e. The molecule has 4 fully saturated rings. The van der Waals surface area contributed by atoms with Crippen LogP contribution in [0.5, 0.6) is 11.5 Å². The minimum absolute atomic E-state index is 0.00528. The molecule has 0 unspecified atom stereocenters. The number of benzene rings is 1. The normalized spacial score (nSPS) is 42.7. The Labute approximate surface area is 190 Å². The molecule has 1 spiro atoms. The molecular weight excluding hydrogens is 406 g/mol. The first-order valence-corrected chi connectivity index (χ1v) is 12.3. The zero-order valence-electron chi connectivity index (χ0n) is 19.4. The van der Waals surface area contributed by atoms with Crippen molar-refractivity contribution in [2.75, 3.05) is 26.8 Å². The van der Waals surface area contributed by atoms with Gasteiger partial charge < -0.3 is 19.3 Å². The van der Waals surface area contributed by atoms with Crippen LogP contribution >= 0.6 is 0 Å². The number of fused-ring (bicyclic) bond motifs is 4. The summed E-state index contributed by atoms with van der Waals surface area (Å²) in [4.78, 5) is 15.5. The highest BCUT2D eigenvalue weighted by Crippen LogP contribution is 2.63. The maximum atomic E-state index is 13.1. The van der Waals surface area contributed by atoms with E-state index in [-0.39, 0.29) is 40.8 Å². The zero-order valence-corrected chi connectivity index (χ0v) is 19.4. The summed E-state index contributed by atoms with van der Waals surface area (Å²) >= 11 is 0. The van der Waals surface area contributed by atoms with Crippen LogP contribution in [-0.2, 0) is 20.7 Å². The van der Waals surface area contributed by atoms with Gasteiger partial charge in [0.25, 0.3) is 0 Å². The second-order valence-electron chi connectivity index (χ2n) is 11.2. The van der Waals surface area contributed by atoms with Crippen LogP contribution in [-0.4, -0.2) is 54.5 Å². The van der Waals surface area contributed by atoms with Crippen molar-refractivity contribution in [3.63, 3.8) is 0 Å². The number of ether oxygens (including phenoxy) is 3. The van der Waals surface area contributed by atoms with E-state index in [4.69, 9.17) is 14.2 Å². The van der Waals surface area contributed by atoms with E-state index in [0.29, 0.717) is 17.6 Å². The fourth-order valence-corrected chi connectivity index (χ4v) is 7.72. The summed E-state index contributed by atoms with van der Waals surface area (Å²) in [6, 6.07) is 3.96. The van der Waals surface area contributed by atoms with Crippen molar-refractivity contribution in [3.8, 4) is 11.5 Å². The van der Waals surface area contributed by atoms with E-state index in [1.807, 2.05) is 12.1 Å². The molecule has 1 N–H and O–H groups in total. The van der Waals surface area contributed by atoms with Crippen LogP contribution in [0.15, 0.2) is 12.1 Å². The van der Waals surface area contributed by atoms with Crippen LogP contribution in [0.2, 0.25) is 0 Å². The van der Waals surface area contributed by atoms with Crippen molar-refractivity contribution < 1.29 is 24.1 Å². The third-order valence-corrected chi connectivity index (χ3v) is 9.62. The quantitative estimate of drug-likeness (QED) is 0.568. The number of carbonyl (C=O) groups is 1. The lowest BCUT2D eigenvalue weighted by molar-refractivity contribution is -0.147. The number of esters is 1. The van der Waals surface area contributed by atoms with Crippen LogP contribution in [0.3, 0.4) is 0 Å². The average molecular weight is 442 g/mol. The molecule has 0 bridgehead atoms. The number of epoxide rings is 1. The molecule has 3 aliphatic heterocycles. The van der Waals surface area contributed by atoms with Gasteiger partial charge in [0.1, 0.15) is 6.10 Å². The van der Waals surface area contributed by atoms with Crippen molar-refractivity contribution in [2.24, 2.45) is 23.2 Å². The van der Waals surface area contributed by atoms with Gasteiger partial charge in [-0.15, -0.1) is 0 Å². The molecule has 0 amide bonds. The first-order valence-electron chi connectivity index (χ1n) is 12.3. The lowest BCUT2D eigenvalue weighted by atomic mass is 9.53. The van der Waals surface area contributed by atoms with Crippen LogP contribution in [0.4, 0.5) is 0 Å². The topological polar surface area (TPSA) is 71.5 Å². The highest BCUT2D eigenvalue weighted by atomic mass is 16.6. The van der Waals surface area contributed by atoms with E-state index in [0.717, 1.165) is 39.0 Å². The number of hydrogen-bond donors (Lipinski definition) is 1. The molecule has 32 heavy (non-hydrogen) atoms. The second kappa shape index (κ2) is 7.10. The molecule has 6 rings (SSSR count). The number of phenols is 1. The van der Waals surface area contributed by atoms with E-state index < -0.39 is 0 Å². The fraction of sp³-hybridized carbons (Fsp3) is 0.731. The molecule has 5 aliphatic rings. The number of aromatic hydroxyl groups is 1. The molecule has 2 saturated heterocycles. The van der Waals surface area contributed by atoms with E-state index in [9.17, 15) is 9.90 Å². The number of nitrogens with zero attached hydrogens (tertiary/aromatic N) is 1. The molecule has 2 aliphatic carbocycles. The van der Waals surface area contributed by atoms with Gasteiger partial charge in [-0.2, -0.15) is 0 Å². The van der Waals surface area contributed by atoms with Gasteiger partial charge in [0.15, 0.2) is 11.5 Å².